The Morgan fingerprint density at radius 3 is 2.64 bits per heavy atom. The minimum atomic E-state index is -0.0545. The molecule has 0 aliphatic carbocycles. The van der Waals surface area contributed by atoms with E-state index in [4.69, 9.17) is 18.9 Å². The van der Waals surface area contributed by atoms with Crippen LogP contribution in [0.25, 0.3) is 0 Å². The number of benzene rings is 2. The van der Waals surface area contributed by atoms with Gasteiger partial charge in [0, 0.05) is 36.8 Å². The summed E-state index contributed by atoms with van der Waals surface area (Å²) in [6.07, 6.45) is 0.372. The van der Waals surface area contributed by atoms with Crippen molar-refractivity contribution in [2.45, 2.75) is 13.0 Å². The highest BCUT2D eigenvalue weighted by molar-refractivity contribution is 5.91. The Labute approximate surface area is 165 Å². The van der Waals surface area contributed by atoms with Crippen molar-refractivity contribution in [1.29, 1.82) is 0 Å². The van der Waals surface area contributed by atoms with Crippen molar-refractivity contribution in [3.8, 4) is 23.0 Å². The number of amides is 1. The van der Waals surface area contributed by atoms with Crippen molar-refractivity contribution in [3.63, 3.8) is 0 Å². The molecular formula is C21H26N2O5. The number of carbonyl (C=O) groups is 1. The average Bonchev–Trinajstić information content (AvgIpc) is 2.72. The van der Waals surface area contributed by atoms with E-state index in [9.17, 15) is 4.79 Å². The number of nitrogens with zero attached hydrogens (tertiary/aromatic N) is 1. The topological polar surface area (TPSA) is 69.3 Å². The summed E-state index contributed by atoms with van der Waals surface area (Å²) in [5.74, 6) is 2.73. The lowest BCUT2D eigenvalue weighted by atomic mass is 10.1. The second-order valence-electron chi connectivity index (χ2n) is 6.55. The lowest BCUT2D eigenvalue weighted by molar-refractivity contribution is -0.116. The number of rotatable bonds is 8. The molecule has 1 N–H and O–H groups in total. The van der Waals surface area contributed by atoms with E-state index >= 15 is 0 Å². The van der Waals surface area contributed by atoms with Gasteiger partial charge < -0.3 is 29.2 Å². The molecule has 0 spiro atoms. The lowest BCUT2D eigenvalue weighted by Crippen LogP contribution is -2.24. The molecule has 7 heteroatoms. The van der Waals surface area contributed by atoms with Gasteiger partial charge in [-0.25, -0.2) is 0 Å². The maximum atomic E-state index is 12.3. The minimum absolute atomic E-state index is 0.0545. The van der Waals surface area contributed by atoms with Gasteiger partial charge in [0.2, 0.25) is 5.91 Å². The van der Waals surface area contributed by atoms with E-state index in [1.807, 2.05) is 37.4 Å². The highest BCUT2D eigenvalue weighted by Crippen LogP contribution is 2.33. The quantitative estimate of drug-likeness (QED) is 0.752. The van der Waals surface area contributed by atoms with Gasteiger partial charge in [-0.3, -0.25) is 4.79 Å². The van der Waals surface area contributed by atoms with Crippen molar-refractivity contribution >= 4 is 11.6 Å². The summed E-state index contributed by atoms with van der Waals surface area (Å²) in [5.41, 5.74) is 1.71. The van der Waals surface area contributed by atoms with Crippen LogP contribution in [0.1, 0.15) is 12.0 Å². The molecule has 0 fully saturated rings. The lowest BCUT2D eigenvalue weighted by Gasteiger charge is -2.20. The van der Waals surface area contributed by atoms with Crippen LogP contribution in [-0.4, -0.2) is 51.8 Å². The summed E-state index contributed by atoms with van der Waals surface area (Å²) in [7, 11) is 5.21. The summed E-state index contributed by atoms with van der Waals surface area (Å²) in [5, 5.41) is 2.91. The molecule has 3 rings (SSSR count). The molecule has 0 bridgehead atoms. The summed E-state index contributed by atoms with van der Waals surface area (Å²) in [4.78, 5) is 14.4. The summed E-state index contributed by atoms with van der Waals surface area (Å²) >= 11 is 0. The van der Waals surface area contributed by atoms with Crippen molar-refractivity contribution < 1.29 is 23.7 Å². The molecule has 2 aromatic rings. The summed E-state index contributed by atoms with van der Waals surface area (Å²) in [6.45, 7) is 2.32. The highest BCUT2D eigenvalue weighted by Gasteiger charge is 2.14. The number of hydrogen-bond acceptors (Lipinski definition) is 6. The number of methoxy groups -OCH3 is 2. The third-order valence-electron chi connectivity index (χ3n) is 4.47. The Morgan fingerprint density at radius 1 is 1.11 bits per heavy atom. The molecule has 7 nitrogen and oxygen atoms in total. The highest BCUT2D eigenvalue weighted by atomic mass is 16.6. The fraction of sp³-hybridized carbons (Fsp3) is 0.381. The Bertz CT molecular complexity index is 824. The van der Waals surface area contributed by atoms with Crippen LogP contribution in [0.5, 0.6) is 23.0 Å². The zero-order valence-electron chi connectivity index (χ0n) is 16.5. The predicted octanol–water partition coefficient (Wildman–Crippen LogP) is 2.94. The summed E-state index contributed by atoms with van der Waals surface area (Å²) in [6, 6.07) is 11.2. The van der Waals surface area contributed by atoms with Crippen molar-refractivity contribution in [3.05, 3.63) is 42.0 Å². The van der Waals surface area contributed by atoms with Crippen molar-refractivity contribution in [2.24, 2.45) is 0 Å². The zero-order valence-corrected chi connectivity index (χ0v) is 16.5. The third-order valence-corrected chi connectivity index (χ3v) is 4.47. The van der Waals surface area contributed by atoms with Crippen LogP contribution < -0.4 is 24.3 Å². The third kappa shape index (κ3) is 4.86. The maximum absolute atomic E-state index is 12.3. The van der Waals surface area contributed by atoms with E-state index in [0.717, 1.165) is 11.3 Å². The fourth-order valence-electron chi connectivity index (χ4n) is 3.09. The monoisotopic (exact) mass is 386 g/mol. The Kier molecular flexibility index (Phi) is 6.60. The van der Waals surface area contributed by atoms with E-state index in [2.05, 4.69) is 10.2 Å². The predicted molar refractivity (Wildman–Crippen MR) is 107 cm³/mol. The second kappa shape index (κ2) is 9.32. The maximum Gasteiger partial charge on any atom is 0.225 e. The van der Waals surface area contributed by atoms with Gasteiger partial charge in [0.1, 0.15) is 13.2 Å². The number of para-hydroxylation sites is 1. The van der Waals surface area contributed by atoms with Crippen LogP contribution in [0.2, 0.25) is 0 Å². The number of ether oxygens (including phenoxy) is 4. The number of hydrogen-bond donors (Lipinski definition) is 1. The Balaban J connectivity index is 1.52. The molecule has 1 aliphatic rings. The molecule has 0 aromatic heterocycles. The first-order valence-corrected chi connectivity index (χ1v) is 9.18. The molecule has 150 valence electrons. The van der Waals surface area contributed by atoms with Crippen LogP contribution >= 0.6 is 0 Å². The normalized spacial score (nSPS) is 12.6. The first-order chi connectivity index (χ1) is 13.6. The van der Waals surface area contributed by atoms with Gasteiger partial charge in [-0.05, 0) is 25.2 Å². The molecule has 0 radical (unpaired) electrons. The van der Waals surface area contributed by atoms with Crippen LogP contribution in [0.15, 0.2) is 36.4 Å². The SMILES string of the molecule is COc1cccc(CN(C)CCC(=O)Nc2ccc3c(c2)OCCO3)c1OC. The number of anilines is 1. The molecule has 0 saturated carbocycles. The smallest absolute Gasteiger partial charge is 0.225 e. The number of nitrogens with one attached hydrogen (secondary N) is 1. The van der Waals surface area contributed by atoms with E-state index < -0.39 is 0 Å². The second-order valence-corrected chi connectivity index (χ2v) is 6.55. The van der Waals surface area contributed by atoms with Crippen LogP contribution in [-0.2, 0) is 11.3 Å². The van der Waals surface area contributed by atoms with E-state index in [-0.39, 0.29) is 5.91 Å². The Morgan fingerprint density at radius 2 is 1.89 bits per heavy atom. The zero-order chi connectivity index (χ0) is 19.9. The van der Waals surface area contributed by atoms with Crippen LogP contribution in [0, 0.1) is 0 Å². The molecule has 1 heterocycles. The van der Waals surface area contributed by atoms with Gasteiger partial charge in [-0.2, -0.15) is 0 Å². The Hall–Kier alpha value is -2.93. The van der Waals surface area contributed by atoms with E-state index in [1.165, 1.54) is 0 Å². The van der Waals surface area contributed by atoms with Crippen LogP contribution in [0.4, 0.5) is 5.69 Å². The molecule has 0 atom stereocenters. The van der Waals surface area contributed by atoms with Crippen LogP contribution in [0.3, 0.4) is 0 Å². The molecule has 0 unspecified atom stereocenters. The fourth-order valence-corrected chi connectivity index (χ4v) is 3.09. The largest absolute Gasteiger partial charge is 0.493 e. The molecule has 1 aliphatic heterocycles. The van der Waals surface area contributed by atoms with Gasteiger partial charge in [0.15, 0.2) is 23.0 Å². The van der Waals surface area contributed by atoms with Gasteiger partial charge in [0.05, 0.1) is 14.2 Å². The van der Waals surface area contributed by atoms with Gasteiger partial charge in [-0.1, -0.05) is 12.1 Å². The van der Waals surface area contributed by atoms with E-state index in [1.54, 1.807) is 20.3 Å². The number of fused-ring (bicyclic) bond motifs is 1. The molecule has 0 saturated heterocycles. The average molecular weight is 386 g/mol. The minimum Gasteiger partial charge on any atom is -0.493 e. The summed E-state index contributed by atoms with van der Waals surface area (Å²) < 4.78 is 21.8. The standard InChI is InChI=1S/C21H26N2O5/c1-23(14-15-5-4-6-18(25-2)21(15)26-3)10-9-20(24)22-16-7-8-17-19(13-16)28-12-11-27-17/h4-8,13H,9-12,14H2,1-3H3,(H,22,24). The van der Waals surface area contributed by atoms with Crippen molar-refractivity contribution in [1.82, 2.24) is 4.90 Å². The number of carbonyl (C=O) groups excluding carboxylic acids is 1. The van der Waals surface area contributed by atoms with Gasteiger partial charge >= 0.3 is 0 Å². The van der Waals surface area contributed by atoms with Gasteiger partial charge in [0.25, 0.3) is 0 Å². The molecule has 28 heavy (non-hydrogen) atoms. The molecule has 2 aromatic carbocycles. The van der Waals surface area contributed by atoms with Crippen molar-refractivity contribution in [2.75, 3.05) is 46.3 Å². The molecular weight excluding hydrogens is 360 g/mol. The first kappa shape index (κ1) is 19.8. The van der Waals surface area contributed by atoms with E-state index in [0.29, 0.717) is 55.7 Å². The van der Waals surface area contributed by atoms with Gasteiger partial charge in [-0.15, -0.1) is 0 Å². The molecule has 1 amide bonds. The first-order valence-electron chi connectivity index (χ1n) is 9.18.